The molecule has 0 spiro atoms. The Morgan fingerprint density at radius 3 is 2.27 bits per heavy atom. The van der Waals surface area contributed by atoms with E-state index in [-0.39, 0.29) is 12.7 Å². The van der Waals surface area contributed by atoms with Gasteiger partial charge in [0.15, 0.2) is 0 Å². The fourth-order valence-electron chi connectivity index (χ4n) is 5.41. The predicted molar refractivity (Wildman–Crippen MR) is 161 cm³/mol. The molecule has 0 bridgehead atoms. The molecule has 2 aliphatic heterocycles. The summed E-state index contributed by atoms with van der Waals surface area (Å²) in [5, 5.41) is 10.4. The van der Waals surface area contributed by atoms with Crippen LogP contribution in [0, 0.1) is 0 Å². The summed E-state index contributed by atoms with van der Waals surface area (Å²) in [5.74, 6) is 0.533. The first-order chi connectivity index (χ1) is 19.6. The number of carbonyl (C=O) groups excluding carboxylic acids is 1. The van der Waals surface area contributed by atoms with E-state index in [0.29, 0.717) is 23.9 Å². The standard InChI is InChI=1S/C30H41ClN6O4/c1-30(2,3)41-29(39)36-15-11-34(12-16-36)8-7-33-9-13-35(14-10-33)23-5-6-37-20-26(32-28(37)18-23)24-19-25(31)27(40-4)17-22(24)21-38/h5-6,17-20,38H,7-16,21H2,1-4H3. The number of anilines is 1. The number of fused-ring (bicyclic) bond motifs is 1. The van der Waals surface area contributed by atoms with Gasteiger partial charge in [0, 0.05) is 95.2 Å². The lowest BCUT2D eigenvalue weighted by Crippen LogP contribution is -2.53. The lowest BCUT2D eigenvalue weighted by Gasteiger charge is -2.39. The maximum absolute atomic E-state index is 12.3. The van der Waals surface area contributed by atoms with Crippen LogP contribution < -0.4 is 9.64 Å². The summed E-state index contributed by atoms with van der Waals surface area (Å²) >= 11 is 6.38. The van der Waals surface area contributed by atoms with Crippen molar-refractivity contribution in [1.82, 2.24) is 24.1 Å². The smallest absolute Gasteiger partial charge is 0.410 e. The molecule has 2 aromatic heterocycles. The van der Waals surface area contributed by atoms with Gasteiger partial charge in [-0.05, 0) is 44.5 Å². The Bertz CT molecular complexity index is 1360. The molecule has 1 amide bonds. The summed E-state index contributed by atoms with van der Waals surface area (Å²) in [6.45, 7) is 14.7. The average Bonchev–Trinajstić information content (AvgIpc) is 3.39. The van der Waals surface area contributed by atoms with E-state index in [0.717, 1.165) is 80.5 Å². The van der Waals surface area contributed by atoms with Gasteiger partial charge in [-0.25, -0.2) is 9.78 Å². The first kappa shape index (κ1) is 29.4. The molecule has 1 N–H and O–H groups in total. The van der Waals surface area contributed by atoms with Gasteiger partial charge in [0.05, 0.1) is 24.4 Å². The molecule has 0 atom stereocenters. The molecule has 222 valence electrons. The van der Waals surface area contributed by atoms with Crippen LogP contribution in [-0.4, -0.2) is 113 Å². The van der Waals surface area contributed by atoms with Crippen molar-refractivity contribution in [2.75, 3.05) is 77.5 Å². The Kier molecular flexibility index (Phi) is 8.94. The second-order valence-electron chi connectivity index (χ2n) is 11.7. The third-order valence-corrected chi connectivity index (χ3v) is 8.06. The van der Waals surface area contributed by atoms with Crippen LogP contribution in [-0.2, 0) is 11.3 Å². The summed E-state index contributed by atoms with van der Waals surface area (Å²) in [5.41, 5.74) is 3.82. The van der Waals surface area contributed by atoms with E-state index >= 15 is 0 Å². The summed E-state index contributed by atoms with van der Waals surface area (Å²) < 4.78 is 12.8. The van der Waals surface area contributed by atoms with Gasteiger partial charge in [-0.3, -0.25) is 9.80 Å². The van der Waals surface area contributed by atoms with E-state index in [9.17, 15) is 9.90 Å². The maximum Gasteiger partial charge on any atom is 0.410 e. The van der Waals surface area contributed by atoms with Gasteiger partial charge < -0.3 is 28.8 Å². The minimum Gasteiger partial charge on any atom is -0.495 e. The van der Waals surface area contributed by atoms with Crippen molar-refractivity contribution in [3.05, 3.63) is 47.2 Å². The Morgan fingerprint density at radius 1 is 1.00 bits per heavy atom. The highest BCUT2D eigenvalue weighted by molar-refractivity contribution is 6.32. The zero-order valence-corrected chi connectivity index (χ0v) is 25.2. The number of aliphatic hydroxyl groups excluding tert-OH is 1. The number of aliphatic hydroxyl groups is 1. The maximum atomic E-state index is 12.3. The van der Waals surface area contributed by atoms with Crippen LogP contribution >= 0.6 is 11.6 Å². The third-order valence-electron chi connectivity index (χ3n) is 7.76. The number of pyridine rings is 1. The fraction of sp³-hybridized carbons (Fsp3) is 0.533. The van der Waals surface area contributed by atoms with Gasteiger partial charge in [-0.15, -0.1) is 0 Å². The molecule has 2 aliphatic rings. The fourth-order valence-corrected chi connectivity index (χ4v) is 5.65. The van der Waals surface area contributed by atoms with Gasteiger partial charge in [-0.2, -0.15) is 0 Å². The van der Waals surface area contributed by atoms with Crippen molar-refractivity contribution in [2.24, 2.45) is 0 Å². The van der Waals surface area contributed by atoms with Crippen LogP contribution in [0.15, 0.2) is 36.7 Å². The number of aromatic nitrogens is 2. The number of carbonyl (C=O) groups is 1. The average molecular weight is 585 g/mol. The van der Waals surface area contributed by atoms with E-state index in [4.69, 9.17) is 26.1 Å². The predicted octanol–water partition coefficient (Wildman–Crippen LogP) is 3.83. The molecule has 0 radical (unpaired) electrons. The number of nitrogens with zero attached hydrogens (tertiary/aromatic N) is 6. The number of imidazole rings is 1. The van der Waals surface area contributed by atoms with Crippen molar-refractivity contribution >= 4 is 29.0 Å². The van der Waals surface area contributed by atoms with E-state index in [1.54, 1.807) is 19.2 Å². The lowest BCUT2D eigenvalue weighted by molar-refractivity contribution is 0.0138. The van der Waals surface area contributed by atoms with E-state index in [2.05, 4.69) is 26.8 Å². The van der Waals surface area contributed by atoms with Gasteiger partial charge in [0.25, 0.3) is 0 Å². The van der Waals surface area contributed by atoms with Gasteiger partial charge >= 0.3 is 6.09 Å². The summed E-state index contributed by atoms with van der Waals surface area (Å²) in [7, 11) is 1.56. The summed E-state index contributed by atoms with van der Waals surface area (Å²) in [4.78, 5) is 26.4. The highest BCUT2D eigenvalue weighted by Gasteiger charge is 2.26. The zero-order chi connectivity index (χ0) is 29.1. The number of hydrogen-bond acceptors (Lipinski definition) is 8. The monoisotopic (exact) mass is 584 g/mol. The molecule has 1 aromatic carbocycles. The second kappa shape index (κ2) is 12.4. The molecule has 0 unspecified atom stereocenters. The molecule has 41 heavy (non-hydrogen) atoms. The normalized spacial score (nSPS) is 17.3. The SMILES string of the molecule is COc1cc(CO)c(-c2cn3ccc(N4CCN(CCN5CCN(C(=O)OC(C)(C)C)CC5)CC4)cc3n2)cc1Cl. The molecular formula is C30H41ClN6O4. The number of ether oxygens (including phenoxy) is 2. The van der Waals surface area contributed by atoms with Crippen molar-refractivity contribution in [3.63, 3.8) is 0 Å². The van der Waals surface area contributed by atoms with E-state index < -0.39 is 5.60 Å². The molecule has 4 heterocycles. The molecular weight excluding hydrogens is 544 g/mol. The van der Waals surface area contributed by atoms with Gasteiger partial charge in [0.1, 0.15) is 17.0 Å². The molecule has 3 aromatic rings. The van der Waals surface area contributed by atoms with Crippen LogP contribution in [0.4, 0.5) is 10.5 Å². The topological polar surface area (TPSA) is 86.0 Å². The number of benzene rings is 1. The first-order valence-corrected chi connectivity index (χ1v) is 14.7. The highest BCUT2D eigenvalue weighted by Crippen LogP contribution is 2.34. The Balaban J connectivity index is 1.13. The zero-order valence-electron chi connectivity index (χ0n) is 24.5. The number of hydrogen-bond donors (Lipinski definition) is 1. The van der Waals surface area contributed by atoms with Crippen LogP contribution in [0.3, 0.4) is 0 Å². The highest BCUT2D eigenvalue weighted by atomic mass is 35.5. The summed E-state index contributed by atoms with van der Waals surface area (Å²) in [6.07, 6.45) is 3.79. The quantitative estimate of drug-likeness (QED) is 0.448. The van der Waals surface area contributed by atoms with Crippen molar-refractivity contribution < 1.29 is 19.4 Å². The molecule has 0 aliphatic carbocycles. The number of rotatable bonds is 7. The first-order valence-electron chi connectivity index (χ1n) is 14.3. The third kappa shape index (κ3) is 7.06. The number of amides is 1. The van der Waals surface area contributed by atoms with Crippen LogP contribution in [0.5, 0.6) is 5.75 Å². The largest absolute Gasteiger partial charge is 0.495 e. The molecule has 11 heteroatoms. The summed E-state index contributed by atoms with van der Waals surface area (Å²) in [6, 6.07) is 7.81. The molecule has 5 rings (SSSR count). The van der Waals surface area contributed by atoms with Crippen molar-refractivity contribution in [1.29, 1.82) is 0 Å². The van der Waals surface area contributed by atoms with E-state index in [1.165, 1.54) is 0 Å². The van der Waals surface area contributed by atoms with E-state index in [1.807, 2.05) is 42.5 Å². The number of methoxy groups -OCH3 is 1. The van der Waals surface area contributed by atoms with Gasteiger partial charge in [-0.1, -0.05) is 11.6 Å². The number of halogens is 1. The van der Waals surface area contributed by atoms with Crippen LogP contribution in [0.2, 0.25) is 5.02 Å². The minimum absolute atomic E-state index is 0.130. The molecule has 2 fully saturated rings. The minimum atomic E-state index is -0.458. The Labute approximate surface area is 247 Å². The Morgan fingerprint density at radius 2 is 1.66 bits per heavy atom. The van der Waals surface area contributed by atoms with Crippen molar-refractivity contribution in [3.8, 4) is 17.0 Å². The van der Waals surface area contributed by atoms with Crippen LogP contribution in [0.25, 0.3) is 16.9 Å². The molecule has 2 saturated heterocycles. The lowest BCUT2D eigenvalue weighted by atomic mass is 10.1. The molecule has 10 nitrogen and oxygen atoms in total. The van der Waals surface area contributed by atoms with Crippen molar-refractivity contribution in [2.45, 2.75) is 33.0 Å². The number of piperazine rings is 2. The Hall–Kier alpha value is -3.05. The van der Waals surface area contributed by atoms with Gasteiger partial charge in [0.2, 0.25) is 0 Å². The second-order valence-corrected chi connectivity index (χ2v) is 12.1. The van der Waals surface area contributed by atoms with Crippen LogP contribution in [0.1, 0.15) is 26.3 Å². The molecule has 0 saturated carbocycles.